The Balaban J connectivity index is 1.84. The Kier molecular flexibility index (Phi) is 6.78. The Hall–Kier alpha value is -4.41. The fourth-order valence-electron chi connectivity index (χ4n) is 2.64. The maximum atomic E-state index is 12.8. The van der Waals surface area contributed by atoms with Crippen molar-refractivity contribution in [2.45, 2.75) is 13.5 Å². The van der Waals surface area contributed by atoms with Gasteiger partial charge < -0.3 is 21.1 Å². The summed E-state index contributed by atoms with van der Waals surface area (Å²) in [7, 11) is 0. The highest BCUT2D eigenvalue weighted by atomic mass is 16.4. The molecule has 0 saturated carbocycles. The second-order valence-corrected chi connectivity index (χ2v) is 6.34. The van der Waals surface area contributed by atoms with E-state index in [-0.39, 0.29) is 23.7 Å². The molecule has 1 aromatic carbocycles. The number of nitrogens with one attached hydrogen (secondary N) is 4. The van der Waals surface area contributed by atoms with Crippen molar-refractivity contribution in [2.75, 3.05) is 22.5 Å². The molecule has 0 bridgehead atoms. The fraction of sp³-hybridized carbons (Fsp3) is 0.150. The molecule has 0 aliphatic rings. The monoisotopic (exact) mass is 423 g/mol. The predicted molar refractivity (Wildman–Crippen MR) is 114 cm³/mol. The smallest absolute Gasteiger partial charge is 0.325 e. The lowest BCUT2D eigenvalue weighted by molar-refractivity contribution is -0.137. The fourth-order valence-corrected chi connectivity index (χ4v) is 2.64. The summed E-state index contributed by atoms with van der Waals surface area (Å²) in [6.07, 6.45) is 2.78. The summed E-state index contributed by atoms with van der Waals surface area (Å²) in [5, 5.41) is 23.8. The highest BCUT2D eigenvalue weighted by Gasteiger charge is 2.16. The predicted octanol–water partition coefficient (Wildman–Crippen LogP) is 2.50. The van der Waals surface area contributed by atoms with Crippen molar-refractivity contribution >= 4 is 40.9 Å². The molecule has 0 aliphatic heterocycles. The number of anilines is 4. The standard InChI is InChI=1S/C20H21N7O4/c1-2-21-20(31)25-17-10-15(23-13-6-4-3-5-7-13)14(11-22-17)19(30)24-16-8-9-27(26-16)12-18(28)29/h3-11H,2,12H2,1H3,(H,28,29)(H,24,26,30)(H3,21,22,23,25,31). The summed E-state index contributed by atoms with van der Waals surface area (Å²) in [4.78, 5) is 39.6. The van der Waals surface area contributed by atoms with Gasteiger partial charge in [-0.3, -0.25) is 19.6 Å². The third kappa shape index (κ3) is 6.03. The Labute approximate surface area is 177 Å². The van der Waals surface area contributed by atoms with Gasteiger partial charge in [-0.2, -0.15) is 5.10 Å². The first-order chi connectivity index (χ1) is 14.9. The Morgan fingerprint density at radius 3 is 2.55 bits per heavy atom. The maximum absolute atomic E-state index is 12.8. The first kappa shape index (κ1) is 21.3. The molecule has 0 radical (unpaired) electrons. The van der Waals surface area contributed by atoms with Crippen LogP contribution in [0.1, 0.15) is 17.3 Å². The molecule has 0 saturated heterocycles. The molecular formula is C20H21N7O4. The summed E-state index contributed by atoms with van der Waals surface area (Å²) >= 11 is 0. The normalized spacial score (nSPS) is 10.2. The van der Waals surface area contributed by atoms with Crippen LogP contribution < -0.4 is 21.3 Å². The summed E-state index contributed by atoms with van der Waals surface area (Å²) in [5.41, 5.74) is 1.35. The van der Waals surface area contributed by atoms with Crippen molar-refractivity contribution in [3.05, 3.63) is 60.4 Å². The number of carboxylic acids is 1. The van der Waals surface area contributed by atoms with E-state index < -0.39 is 17.9 Å². The molecule has 3 amide bonds. The summed E-state index contributed by atoms with van der Waals surface area (Å²) in [6.45, 7) is 1.93. The van der Waals surface area contributed by atoms with E-state index >= 15 is 0 Å². The quantitative estimate of drug-likeness (QED) is 0.373. The zero-order valence-electron chi connectivity index (χ0n) is 16.6. The number of rotatable bonds is 8. The number of hydrogen-bond donors (Lipinski definition) is 5. The van der Waals surface area contributed by atoms with Gasteiger partial charge in [-0.1, -0.05) is 18.2 Å². The minimum absolute atomic E-state index is 0.196. The number of urea groups is 1. The zero-order valence-corrected chi connectivity index (χ0v) is 16.6. The highest BCUT2D eigenvalue weighted by molar-refractivity contribution is 6.08. The van der Waals surface area contributed by atoms with Crippen LogP contribution in [0.2, 0.25) is 0 Å². The van der Waals surface area contributed by atoms with Gasteiger partial charge in [0, 0.05) is 36.8 Å². The van der Waals surface area contributed by atoms with Gasteiger partial charge in [0.2, 0.25) is 0 Å². The molecule has 160 valence electrons. The number of amides is 3. The van der Waals surface area contributed by atoms with Gasteiger partial charge >= 0.3 is 12.0 Å². The average molecular weight is 423 g/mol. The second kappa shape index (κ2) is 9.87. The molecule has 0 fully saturated rings. The average Bonchev–Trinajstić information content (AvgIpc) is 3.15. The first-order valence-electron chi connectivity index (χ1n) is 9.38. The van der Waals surface area contributed by atoms with Crippen LogP contribution in [0, 0.1) is 0 Å². The molecule has 11 heteroatoms. The molecular weight excluding hydrogens is 402 g/mol. The number of aromatic nitrogens is 3. The minimum Gasteiger partial charge on any atom is -0.480 e. The van der Waals surface area contributed by atoms with Crippen LogP contribution in [0.4, 0.5) is 27.8 Å². The van der Waals surface area contributed by atoms with E-state index in [0.717, 1.165) is 5.69 Å². The summed E-state index contributed by atoms with van der Waals surface area (Å²) < 4.78 is 1.19. The van der Waals surface area contributed by atoms with Crippen molar-refractivity contribution in [1.29, 1.82) is 0 Å². The van der Waals surface area contributed by atoms with Crippen molar-refractivity contribution in [1.82, 2.24) is 20.1 Å². The molecule has 0 aliphatic carbocycles. The van der Waals surface area contributed by atoms with E-state index in [4.69, 9.17) is 5.11 Å². The van der Waals surface area contributed by atoms with Crippen molar-refractivity contribution < 1.29 is 19.5 Å². The molecule has 31 heavy (non-hydrogen) atoms. The SMILES string of the molecule is CCNC(=O)Nc1cc(Nc2ccccc2)c(C(=O)Nc2ccn(CC(=O)O)n2)cn1. The van der Waals surface area contributed by atoms with Gasteiger partial charge in [0.25, 0.3) is 5.91 Å². The molecule has 2 heterocycles. The van der Waals surface area contributed by atoms with Crippen LogP contribution >= 0.6 is 0 Å². The lowest BCUT2D eigenvalue weighted by atomic mass is 10.2. The molecule has 3 rings (SSSR count). The molecule has 0 spiro atoms. The van der Waals surface area contributed by atoms with Gasteiger partial charge in [-0.05, 0) is 19.1 Å². The Morgan fingerprint density at radius 2 is 1.84 bits per heavy atom. The number of para-hydroxylation sites is 1. The molecule has 11 nitrogen and oxygen atoms in total. The minimum atomic E-state index is -1.05. The van der Waals surface area contributed by atoms with Gasteiger partial charge in [0.15, 0.2) is 5.82 Å². The summed E-state index contributed by atoms with van der Waals surface area (Å²) in [5.74, 6) is -1.10. The van der Waals surface area contributed by atoms with E-state index in [9.17, 15) is 14.4 Å². The first-order valence-corrected chi connectivity index (χ1v) is 9.38. The number of pyridine rings is 1. The second-order valence-electron chi connectivity index (χ2n) is 6.34. The van der Waals surface area contributed by atoms with Crippen LogP contribution in [0.3, 0.4) is 0 Å². The van der Waals surface area contributed by atoms with Gasteiger partial charge in [-0.15, -0.1) is 0 Å². The van der Waals surface area contributed by atoms with Crippen molar-refractivity contribution in [3.8, 4) is 0 Å². The number of nitrogens with zero attached hydrogens (tertiary/aromatic N) is 3. The lowest BCUT2D eigenvalue weighted by Crippen LogP contribution is -2.28. The van der Waals surface area contributed by atoms with Gasteiger partial charge in [-0.25, -0.2) is 9.78 Å². The van der Waals surface area contributed by atoms with Crippen molar-refractivity contribution in [3.63, 3.8) is 0 Å². The van der Waals surface area contributed by atoms with E-state index in [1.165, 1.54) is 23.1 Å². The molecule has 3 aromatic rings. The topological polar surface area (TPSA) is 150 Å². The van der Waals surface area contributed by atoms with Crippen LogP contribution in [-0.2, 0) is 11.3 Å². The van der Waals surface area contributed by atoms with E-state index in [1.54, 1.807) is 13.0 Å². The number of hydrogen-bond acceptors (Lipinski definition) is 6. The number of benzene rings is 1. The number of aliphatic carboxylic acids is 1. The van der Waals surface area contributed by atoms with E-state index in [2.05, 4.69) is 31.3 Å². The van der Waals surface area contributed by atoms with Crippen LogP contribution in [0.15, 0.2) is 54.9 Å². The van der Waals surface area contributed by atoms with Gasteiger partial charge in [0.05, 0.1) is 11.3 Å². The third-order valence-corrected chi connectivity index (χ3v) is 3.96. The van der Waals surface area contributed by atoms with Crippen molar-refractivity contribution in [2.24, 2.45) is 0 Å². The van der Waals surface area contributed by atoms with Crippen LogP contribution in [0.25, 0.3) is 0 Å². The molecule has 2 aromatic heterocycles. The Morgan fingerprint density at radius 1 is 1.06 bits per heavy atom. The Bertz CT molecular complexity index is 1080. The molecule has 5 N–H and O–H groups in total. The van der Waals surface area contributed by atoms with E-state index in [1.807, 2.05) is 30.3 Å². The summed E-state index contributed by atoms with van der Waals surface area (Å²) in [6, 6.07) is 11.8. The van der Waals surface area contributed by atoms with E-state index in [0.29, 0.717) is 12.2 Å². The molecule has 0 unspecified atom stereocenters. The third-order valence-electron chi connectivity index (χ3n) is 3.96. The maximum Gasteiger partial charge on any atom is 0.325 e. The van der Waals surface area contributed by atoms with Gasteiger partial charge in [0.1, 0.15) is 12.4 Å². The largest absolute Gasteiger partial charge is 0.480 e. The van der Waals surface area contributed by atoms with Crippen LogP contribution in [-0.4, -0.2) is 44.3 Å². The number of carboxylic acid groups (broad SMARTS) is 1. The van der Waals surface area contributed by atoms with Crippen LogP contribution in [0.5, 0.6) is 0 Å². The lowest BCUT2D eigenvalue weighted by Gasteiger charge is -2.13. The number of carbonyl (C=O) groups excluding carboxylic acids is 2. The number of carbonyl (C=O) groups is 3. The molecule has 0 atom stereocenters. The highest BCUT2D eigenvalue weighted by Crippen LogP contribution is 2.24. The zero-order chi connectivity index (χ0) is 22.2.